The van der Waals surface area contributed by atoms with Gasteiger partial charge in [-0.2, -0.15) is 0 Å². The molecule has 0 aromatic carbocycles. The molecule has 0 aliphatic carbocycles. The molecule has 2 fully saturated rings. The van der Waals surface area contributed by atoms with Crippen molar-refractivity contribution in [2.45, 2.75) is 13.3 Å². The van der Waals surface area contributed by atoms with Crippen LogP contribution in [0.15, 0.2) is 24.5 Å². The van der Waals surface area contributed by atoms with Crippen molar-refractivity contribution in [1.29, 1.82) is 0 Å². The van der Waals surface area contributed by atoms with Gasteiger partial charge < -0.3 is 19.4 Å². The second kappa shape index (κ2) is 7.50. The molecule has 0 saturated carbocycles. The van der Waals surface area contributed by atoms with Crippen LogP contribution in [0.25, 0.3) is 0 Å². The molecular formula is C17H22N4O4. The lowest BCUT2D eigenvalue weighted by molar-refractivity contribution is -0.137. The molecule has 8 heteroatoms. The highest BCUT2D eigenvalue weighted by Crippen LogP contribution is 2.26. The van der Waals surface area contributed by atoms with E-state index in [1.807, 2.05) is 6.07 Å². The Labute approximate surface area is 146 Å². The predicted octanol–water partition coefficient (Wildman–Crippen LogP) is 0.735. The summed E-state index contributed by atoms with van der Waals surface area (Å²) >= 11 is 0. The number of aromatic nitrogens is 1. The number of nitrogens with zero attached hydrogens (tertiary/aromatic N) is 4. The van der Waals surface area contributed by atoms with Crippen molar-refractivity contribution >= 4 is 23.6 Å². The molecule has 3 heterocycles. The second-order valence-corrected chi connectivity index (χ2v) is 6.13. The van der Waals surface area contributed by atoms with E-state index in [-0.39, 0.29) is 30.2 Å². The standard InChI is InChI=1S/C17H22N4O4/c1-2-25-17(24)20-8-6-19(7-9-20)16(23)13-10-15(22)21(12-13)14-4-3-5-18-11-14/h3-5,11,13H,2,6-10,12H2,1H3. The lowest BCUT2D eigenvalue weighted by atomic mass is 10.1. The van der Waals surface area contributed by atoms with Crippen LogP contribution in [0.4, 0.5) is 10.5 Å². The Bertz CT molecular complexity index is 643. The van der Waals surface area contributed by atoms with Crippen molar-refractivity contribution in [3.63, 3.8) is 0 Å². The molecule has 2 aliphatic heterocycles. The monoisotopic (exact) mass is 346 g/mol. The van der Waals surface area contributed by atoms with Crippen LogP contribution in [-0.2, 0) is 14.3 Å². The topological polar surface area (TPSA) is 83.0 Å². The second-order valence-electron chi connectivity index (χ2n) is 6.13. The third-order valence-electron chi connectivity index (χ3n) is 4.55. The molecule has 1 aromatic heterocycles. The van der Waals surface area contributed by atoms with Gasteiger partial charge in [-0.3, -0.25) is 14.6 Å². The highest BCUT2D eigenvalue weighted by Gasteiger charge is 2.38. The summed E-state index contributed by atoms with van der Waals surface area (Å²) in [6, 6.07) is 3.59. The van der Waals surface area contributed by atoms with Gasteiger partial charge in [-0.1, -0.05) is 0 Å². The van der Waals surface area contributed by atoms with Crippen molar-refractivity contribution in [3.8, 4) is 0 Å². The van der Waals surface area contributed by atoms with Crippen molar-refractivity contribution in [2.24, 2.45) is 5.92 Å². The number of carbonyl (C=O) groups excluding carboxylic acids is 3. The van der Waals surface area contributed by atoms with E-state index in [0.29, 0.717) is 39.3 Å². The number of carbonyl (C=O) groups is 3. The molecule has 25 heavy (non-hydrogen) atoms. The van der Waals surface area contributed by atoms with E-state index in [2.05, 4.69) is 4.98 Å². The summed E-state index contributed by atoms with van der Waals surface area (Å²) in [6.07, 6.45) is 3.15. The summed E-state index contributed by atoms with van der Waals surface area (Å²) in [5, 5.41) is 0. The maximum absolute atomic E-state index is 12.7. The maximum atomic E-state index is 12.7. The van der Waals surface area contributed by atoms with Gasteiger partial charge in [0.25, 0.3) is 0 Å². The Morgan fingerprint density at radius 3 is 2.60 bits per heavy atom. The van der Waals surface area contributed by atoms with Gasteiger partial charge in [-0.15, -0.1) is 0 Å². The van der Waals surface area contributed by atoms with E-state index in [9.17, 15) is 14.4 Å². The summed E-state index contributed by atoms with van der Waals surface area (Å²) < 4.78 is 4.98. The average Bonchev–Trinajstić information content (AvgIpc) is 3.04. The van der Waals surface area contributed by atoms with Crippen LogP contribution in [0.2, 0.25) is 0 Å². The van der Waals surface area contributed by atoms with Gasteiger partial charge in [0, 0.05) is 45.3 Å². The van der Waals surface area contributed by atoms with Gasteiger partial charge >= 0.3 is 6.09 Å². The quantitative estimate of drug-likeness (QED) is 0.806. The third-order valence-corrected chi connectivity index (χ3v) is 4.55. The zero-order chi connectivity index (χ0) is 17.8. The van der Waals surface area contributed by atoms with Gasteiger partial charge in [-0.25, -0.2) is 4.79 Å². The number of hydrogen-bond donors (Lipinski definition) is 0. The van der Waals surface area contributed by atoms with Crippen LogP contribution in [-0.4, -0.2) is 72.0 Å². The molecule has 2 saturated heterocycles. The third kappa shape index (κ3) is 3.72. The number of amides is 3. The van der Waals surface area contributed by atoms with E-state index >= 15 is 0 Å². The molecule has 8 nitrogen and oxygen atoms in total. The maximum Gasteiger partial charge on any atom is 0.409 e. The molecule has 2 aliphatic rings. The van der Waals surface area contributed by atoms with Crippen molar-refractivity contribution in [2.75, 3.05) is 44.2 Å². The number of rotatable bonds is 3. The van der Waals surface area contributed by atoms with E-state index in [4.69, 9.17) is 4.74 Å². The molecule has 3 amide bonds. The summed E-state index contributed by atoms with van der Waals surface area (Å²) in [7, 11) is 0. The van der Waals surface area contributed by atoms with Crippen molar-refractivity contribution in [3.05, 3.63) is 24.5 Å². The first-order chi connectivity index (χ1) is 12.1. The normalized spacial score (nSPS) is 20.8. The molecule has 1 atom stereocenters. The largest absolute Gasteiger partial charge is 0.450 e. The molecular weight excluding hydrogens is 324 g/mol. The summed E-state index contributed by atoms with van der Waals surface area (Å²) in [5.41, 5.74) is 0.718. The lowest BCUT2D eigenvalue weighted by Crippen LogP contribution is -2.52. The van der Waals surface area contributed by atoms with E-state index in [1.54, 1.807) is 40.1 Å². The number of anilines is 1. The lowest BCUT2D eigenvalue weighted by Gasteiger charge is -2.35. The number of hydrogen-bond acceptors (Lipinski definition) is 5. The molecule has 0 N–H and O–H groups in total. The number of pyridine rings is 1. The fourth-order valence-corrected chi connectivity index (χ4v) is 3.22. The fraction of sp³-hybridized carbons (Fsp3) is 0.529. The van der Waals surface area contributed by atoms with Crippen LogP contribution in [0.3, 0.4) is 0 Å². The number of piperazine rings is 1. The van der Waals surface area contributed by atoms with Crippen LogP contribution in [0, 0.1) is 5.92 Å². The van der Waals surface area contributed by atoms with Crippen molar-refractivity contribution in [1.82, 2.24) is 14.8 Å². The Morgan fingerprint density at radius 1 is 1.24 bits per heavy atom. The Morgan fingerprint density at radius 2 is 1.96 bits per heavy atom. The highest BCUT2D eigenvalue weighted by atomic mass is 16.6. The van der Waals surface area contributed by atoms with Gasteiger partial charge in [0.2, 0.25) is 11.8 Å². The van der Waals surface area contributed by atoms with Crippen LogP contribution < -0.4 is 4.90 Å². The van der Waals surface area contributed by atoms with Gasteiger partial charge in [0.05, 0.1) is 24.4 Å². The Hall–Kier alpha value is -2.64. The summed E-state index contributed by atoms with van der Waals surface area (Å²) in [6.45, 7) is 4.33. The minimum absolute atomic E-state index is 0.0248. The highest BCUT2D eigenvalue weighted by molar-refractivity contribution is 6.00. The van der Waals surface area contributed by atoms with Gasteiger partial charge in [0.15, 0.2) is 0 Å². The summed E-state index contributed by atoms with van der Waals surface area (Å²) in [5.74, 6) is -0.429. The first kappa shape index (κ1) is 17.2. The van der Waals surface area contributed by atoms with E-state index in [0.717, 1.165) is 5.69 Å². The van der Waals surface area contributed by atoms with Crippen LogP contribution in [0.1, 0.15) is 13.3 Å². The van der Waals surface area contributed by atoms with E-state index in [1.165, 1.54) is 0 Å². The minimum atomic E-state index is -0.346. The van der Waals surface area contributed by atoms with Crippen LogP contribution >= 0.6 is 0 Å². The number of ether oxygens (including phenoxy) is 1. The smallest absolute Gasteiger partial charge is 0.409 e. The fourth-order valence-electron chi connectivity index (χ4n) is 3.22. The van der Waals surface area contributed by atoms with Crippen molar-refractivity contribution < 1.29 is 19.1 Å². The molecule has 3 rings (SSSR count). The SMILES string of the molecule is CCOC(=O)N1CCN(C(=O)C2CC(=O)N(c3cccnc3)C2)CC1. The molecule has 1 aromatic rings. The zero-order valence-electron chi connectivity index (χ0n) is 14.3. The zero-order valence-corrected chi connectivity index (χ0v) is 14.3. The average molecular weight is 346 g/mol. The molecule has 134 valence electrons. The first-order valence-electron chi connectivity index (χ1n) is 8.51. The molecule has 0 spiro atoms. The Balaban J connectivity index is 1.56. The Kier molecular flexibility index (Phi) is 5.16. The predicted molar refractivity (Wildman–Crippen MR) is 89.9 cm³/mol. The van der Waals surface area contributed by atoms with Gasteiger partial charge in [-0.05, 0) is 19.1 Å². The van der Waals surface area contributed by atoms with E-state index < -0.39 is 0 Å². The molecule has 1 unspecified atom stereocenters. The first-order valence-corrected chi connectivity index (χ1v) is 8.51. The minimum Gasteiger partial charge on any atom is -0.450 e. The molecule has 0 bridgehead atoms. The van der Waals surface area contributed by atoms with Gasteiger partial charge in [0.1, 0.15) is 0 Å². The molecule has 0 radical (unpaired) electrons. The summed E-state index contributed by atoms with van der Waals surface area (Å²) in [4.78, 5) is 45.7. The van der Waals surface area contributed by atoms with Crippen LogP contribution in [0.5, 0.6) is 0 Å².